The smallest absolute Gasteiger partial charge is 0.307 e. The van der Waals surface area contributed by atoms with Crippen LogP contribution in [0.2, 0.25) is 0 Å². The molecule has 1 amide bonds. The summed E-state index contributed by atoms with van der Waals surface area (Å²) < 4.78 is 16.0. The number of nitrogens with one attached hydrogen (secondary N) is 1. The average molecular weight is 417 g/mol. The summed E-state index contributed by atoms with van der Waals surface area (Å²) in [6, 6.07) is 24.7. The van der Waals surface area contributed by atoms with Crippen LogP contribution in [0.25, 0.3) is 0 Å². The van der Waals surface area contributed by atoms with Crippen LogP contribution in [-0.4, -0.2) is 24.8 Å². The molecule has 0 radical (unpaired) electrons. The van der Waals surface area contributed by atoms with Gasteiger partial charge in [-0.2, -0.15) is 0 Å². The van der Waals surface area contributed by atoms with E-state index in [1.54, 1.807) is 25.1 Å². The lowest BCUT2D eigenvalue weighted by Gasteiger charge is -2.19. The van der Waals surface area contributed by atoms with Gasteiger partial charge in [0.2, 0.25) is 6.79 Å². The molecule has 0 bridgehead atoms. The number of esters is 1. The topological polar surface area (TPSA) is 73.9 Å². The molecule has 1 atom stereocenters. The second-order valence-corrected chi connectivity index (χ2v) is 7.27. The van der Waals surface area contributed by atoms with Crippen molar-refractivity contribution in [1.29, 1.82) is 0 Å². The highest BCUT2D eigenvalue weighted by atomic mass is 16.7. The Bertz CT molecular complexity index is 1010. The Morgan fingerprint density at radius 3 is 2.16 bits per heavy atom. The number of hydrogen-bond donors (Lipinski definition) is 1. The van der Waals surface area contributed by atoms with Crippen LogP contribution in [0.4, 0.5) is 5.69 Å². The highest BCUT2D eigenvalue weighted by Gasteiger charge is 2.23. The highest BCUT2D eigenvalue weighted by Crippen LogP contribution is 2.34. The number of amides is 1. The van der Waals surface area contributed by atoms with Gasteiger partial charge in [0.15, 0.2) is 17.6 Å². The molecule has 1 heterocycles. The lowest BCUT2D eigenvalue weighted by Crippen LogP contribution is -2.30. The molecule has 0 spiro atoms. The van der Waals surface area contributed by atoms with Crippen LogP contribution in [0.3, 0.4) is 0 Å². The predicted octanol–water partition coefficient (Wildman–Crippen LogP) is 4.51. The minimum Gasteiger partial charge on any atom is -0.454 e. The molecule has 3 aromatic rings. The van der Waals surface area contributed by atoms with E-state index in [4.69, 9.17) is 14.2 Å². The van der Waals surface area contributed by atoms with Crippen molar-refractivity contribution in [2.75, 3.05) is 12.1 Å². The van der Waals surface area contributed by atoms with E-state index in [0.717, 1.165) is 11.1 Å². The van der Waals surface area contributed by atoms with Gasteiger partial charge in [0.1, 0.15) is 0 Å². The van der Waals surface area contributed by atoms with E-state index < -0.39 is 18.0 Å². The van der Waals surface area contributed by atoms with E-state index >= 15 is 0 Å². The van der Waals surface area contributed by atoms with Crippen LogP contribution in [0, 0.1) is 0 Å². The molecule has 0 unspecified atom stereocenters. The van der Waals surface area contributed by atoms with Gasteiger partial charge >= 0.3 is 5.97 Å². The molecule has 0 aliphatic carbocycles. The van der Waals surface area contributed by atoms with Crippen LogP contribution >= 0.6 is 0 Å². The molecule has 4 rings (SSSR count). The molecule has 1 aliphatic heterocycles. The van der Waals surface area contributed by atoms with Crippen molar-refractivity contribution < 1.29 is 23.8 Å². The van der Waals surface area contributed by atoms with Crippen molar-refractivity contribution in [3.05, 3.63) is 90.0 Å². The van der Waals surface area contributed by atoms with Gasteiger partial charge in [0.05, 0.1) is 6.42 Å². The number of carbonyl (C=O) groups is 2. The Morgan fingerprint density at radius 2 is 1.52 bits per heavy atom. The van der Waals surface area contributed by atoms with Crippen molar-refractivity contribution in [3.8, 4) is 11.5 Å². The first kappa shape index (κ1) is 20.5. The normalized spacial score (nSPS) is 13.0. The maximum atomic E-state index is 12.7. The highest BCUT2D eigenvalue weighted by molar-refractivity contribution is 5.95. The molecule has 6 nitrogen and oxygen atoms in total. The van der Waals surface area contributed by atoms with E-state index in [0.29, 0.717) is 17.2 Å². The largest absolute Gasteiger partial charge is 0.454 e. The summed E-state index contributed by atoms with van der Waals surface area (Å²) in [4.78, 5) is 25.2. The average Bonchev–Trinajstić information content (AvgIpc) is 3.26. The number of ether oxygens (including phenoxy) is 3. The van der Waals surface area contributed by atoms with Gasteiger partial charge in [-0.1, -0.05) is 60.7 Å². The van der Waals surface area contributed by atoms with Crippen molar-refractivity contribution >= 4 is 17.6 Å². The number of hydrogen-bond acceptors (Lipinski definition) is 5. The standard InChI is InChI=1S/C25H23NO5/c1-17(25(28)26-20-12-13-22-23(14-20)30-16-29-22)31-24(27)15-21(18-8-4-2-5-9-18)19-10-6-3-7-11-19/h2-14,17,21H,15-16H2,1H3,(H,26,28)/t17-/m0/s1. The molecular formula is C25H23NO5. The zero-order chi connectivity index (χ0) is 21.6. The Kier molecular flexibility index (Phi) is 6.17. The summed E-state index contributed by atoms with van der Waals surface area (Å²) in [5.41, 5.74) is 2.58. The van der Waals surface area contributed by atoms with Crippen molar-refractivity contribution in [2.24, 2.45) is 0 Å². The van der Waals surface area contributed by atoms with E-state index in [2.05, 4.69) is 5.32 Å². The van der Waals surface area contributed by atoms with Crippen LogP contribution in [0.5, 0.6) is 11.5 Å². The van der Waals surface area contributed by atoms with Gasteiger partial charge in [-0.25, -0.2) is 0 Å². The quantitative estimate of drug-likeness (QED) is 0.573. The molecule has 1 aliphatic rings. The summed E-state index contributed by atoms with van der Waals surface area (Å²) in [5.74, 6) is 0.189. The first-order chi connectivity index (χ1) is 15.1. The Morgan fingerprint density at radius 1 is 0.903 bits per heavy atom. The fourth-order valence-electron chi connectivity index (χ4n) is 3.48. The summed E-state index contributed by atoms with van der Waals surface area (Å²) >= 11 is 0. The molecular weight excluding hydrogens is 394 g/mol. The molecule has 0 fully saturated rings. The fourth-order valence-corrected chi connectivity index (χ4v) is 3.48. The monoisotopic (exact) mass is 417 g/mol. The van der Waals surface area contributed by atoms with Gasteiger partial charge in [-0.3, -0.25) is 9.59 Å². The van der Waals surface area contributed by atoms with Gasteiger partial charge in [0, 0.05) is 17.7 Å². The van der Waals surface area contributed by atoms with Crippen molar-refractivity contribution in [1.82, 2.24) is 0 Å². The third-order valence-electron chi connectivity index (χ3n) is 5.09. The Balaban J connectivity index is 1.39. The van der Waals surface area contributed by atoms with Crippen LogP contribution in [-0.2, 0) is 14.3 Å². The van der Waals surface area contributed by atoms with Gasteiger partial charge < -0.3 is 19.5 Å². The predicted molar refractivity (Wildman–Crippen MR) is 116 cm³/mol. The third-order valence-corrected chi connectivity index (χ3v) is 5.09. The van der Waals surface area contributed by atoms with Gasteiger partial charge in [-0.15, -0.1) is 0 Å². The number of carbonyl (C=O) groups excluding carboxylic acids is 2. The first-order valence-electron chi connectivity index (χ1n) is 10.1. The van der Waals surface area contributed by atoms with Gasteiger partial charge in [0.25, 0.3) is 5.91 Å². The number of rotatable bonds is 7. The molecule has 1 N–H and O–H groups in total. The summed E-state index contributed by atoms with van der Waals surface area (Å²) in [5, 5.41) is 2.74. The van der Waals surface area contributed by atoms with E-state index in [-0.39, 0.29) is 19.1 Å². The third kappa shape index (κ3) is 5.04. The van der Waals surface area contributed by atoms with E-state index in [1.807, 2.05) is 60.7 Å². The molecule has 0 aromatic heterocycles. The SMILES string of the molecule is C[C@H](OC(=O)CC(c1ccccc1)c1ccccc1)C(=O)Nc1ccc2c(c1)OCO2. The zero-order valence-electron chi connectivity index (χ0n) is 17.1. The molecule has 0 saturated heterocycles. The number of anilines is 1. The summed E-state index contributed by atoms with van der Waals surface area (Å²) in [6.45, 7) is 1.71. The lowest BCUT2D eigenvalue weighted by molar-refractivity contribution is -0.153. The maximum Gasteiger partial charge on any atom is 0.307 e. The summed E-state index contributed by atoms with van der Waals surface area (Å²) in [6.07, 6.45) is -0.805. The fraction of sp³-hybridized carbons (Fsp3) is 0.200. The molecule has 31 heavy (non-hydrogen) atoms. The molecule has 0 saturated carbocycles. The van der Waals surface area contributed by atoms with Gasteiger partial charge in [-0.05, 0) is 30.2 Å². The Labute approximate surface area is 180 Å². The minimum absolute atomic E-state index is 0.135. The zero-order valence-corrected chi connectivity index (χ0v) is 17.1. The first-order valence-corrected chi connectivity index (χ1v) is 10.1. The molecule has 158 valence electrons. The maximum absolute atomic E-state index is 12.7. The molecule has 6 heteroatoms. The van der Waals surface area contributed by atoms with E-state index in [9.17, 15) is 9.59 Å². The Hall–Kier alpha value is -3.80. The van der Waals surface area contributed by atoms with E-state index in [1.165, 1.54) is 0 Å². The van der Waals surface area contributed by atoms with Crippen LogP contribution in [0.15, 0.2) is 78.9 Å². The van der Waals surface area contributed by atoms with Crippen molar-refractivity contribution in [3.63, 3.8) is 0 Å². The molecule has 3 aromatic carbocycles. The van der Waals surface area contributed by atoms with Crippen LogP contribution in [0.1, 0.15) is 30.4 Å². The van der Waals surface area contributed by atoms with Crippen LogP contribution < -0.4 is 14.8 Å². The minimum atomic E-state index is -0.940. The lowest BCUT2D eigenvalue weighted by atomic mass is 9.88. The number of fused-ring (bicyclic) bond motifs is 1. The second kappa shape index (κ2) is 9.34. The summed E-state index contributed by atoms with van der Waals surface area (Å²) in [7, 11) is 0. The second-order valence-electron chi connectivity index (χ2n) is 7.27. The number of benzene rings is 3. The van der Waals surface area contributed by atoms with Crippen molar-refractivity contribution in [2.45, 2.75) is 25.4 Å².